The van der Waals surface area contributed by atoms with Gasteiger partial charge < -0.3 is 10.2 Å². The van der Waals surface area contributed by atoms with Crippen molar-refractivity contribution in [2.45, 2.75) is 57.2 Å². The van der Waals surface area contributed by atoms with Crippen LogP contribution in [0.25, 0.3) is 0 Å². The van der Waals surface area contributed by atoms with Gasteiger partial charge >= 0.3 is 0 Å². The molecule has 1 unspecified atom stereocenters. The molecule has 0 aromatic carbocycles. The van der Waals surface area contributed by atoms with Crippen LogP contribution >= 0.6 is 0 Å². The fourth-order valence-electron chi connectivity index (χ4n) is 3.00. The molecular formula is C10H18O2. The average molecular weight is 170 g/mol. The van der Waals surface area contributed by atoms with Gasteiger partial charge in [0.25, 0.3) is 0 Å². The van der Waals surface area contributed by atoms with Gasteiger partial charge in [-0.1, -0.05) is 19.3 Å². The summed E-state index contributed by atoms with van der Waals surface area (Å²) < 4.78 is 0. The van der Waals surface area contributed by atoms with Gasteiger partial charge in [0.2, 0.25) is 0 Å². The standard InChI is InChI=1S/C10H18O2/c11-8-4-1-2-6-10(8)7-3-5-9(10)12/h8-9,11-12H,1-7H2/t8?,9-,10-/m0/s1. The van der Waals surface area contributed by atoms with Crippen LogP contribution < -0.4 is 0 Å². The Morgan fingerprint density at radius 2 is 1.42 bits per heavy atom. The molecule has 0 amide bonds. The van der Waals surface area contributed by atoms with Crippen molar-refractivity contribution in [1.29, 1.82) is 0 Å². The normalized spacial score (nSPS) is 48.5. The lowest BCUT2D eigenvalue weighted by molar-refractivity contribution is -0.0763. The maximum atomic E-state index is 9.87. The maximum Gasteiger partial charge on any atom is 0.0621 e. The van der Waals surface area contributed by atoms with E-state index in [9.17, 15) is 10.2 Å². The first-order valence-electron chi connectivity index (χ1n) is 5.12. The zero-order valence-electron chi connectivity index (χ0n) is 7.50. The molecule has 0 aromatic heterocycles. The molecule has 0 saturated heterocycles. The highest BCUT2D eigenvalue weighted by atomic mass is 16.3. The molecule has 2 nitrogen and oxygen atoms in total. The zero-order chi connectivity index (χ0) is 8.60. The van der Waals surface area contributed by atoms with Crippen LogP contribution in [-0.2, 0) is 0 Å². The molecule has 2 aliphatic rings. The molecule has 1 spiro atoms. The monoisotopic (exact) mass is 170 g/mol. The van der Waals surface area contributed by atoms with E-state index in [0.29, 0.717) is 0 Å². The van der Waals surface area contributed by atoms with Gasteiger partial charge in [-0.2, -0.15) is 0 Å². The Morgan fingerprint density at radius 3 is 2.00 bits per heavy atom. The summed E-state index contributed by atoms with van der Waals surface area (Å²) in [6, 6.07) is 0. The van der Waals surface area contributed by atoms with E-state index >= 15 is 0 Å². The number of aliphatic hydroxyl groups excluding tert-OH is 2. The number of hydrogen-bond donors (Lipinski definition) is 2. The summed E-state index contributed by atoms with van der Waals surface area (Å²) in [4.78, 5) is 0. The van der Waals surface area contributed by atoms with Crippen molar-refractivity contribution in [3.05, 3.63) is 0 Å². The fraction of sp³-hybridized carbons (Fsp3) is 1.00. The molecule has 0 aromatic rings. The van der Waals surface area contributed by atoms with Crippen LogP contribution in [0.3, 0.4) is 0 Å². The average Bonchev–Trinajstić information content (AvgIpc) is 2.41. The zero-order valence-corrected chi connectivity index (χ0v) is 7.50. The van der Waals surface area contributed by atoms with E-state index in [4.69, 9.17) is 0 Å². The van der Waals surface area contributed by atoms with Gasteiger partial charge in [0.15, 0.2) is 0 Å². The van der Waals surface area contributed by atoms with Crippen LogP contribution in [0.2, 0.25) is 0 Å². The Labute approximate surface area is 73.6 Å². The summed E-state index contributed by atoms with van der Waals surface area (Å²) in [5, 5.41) is 19.7. The topological polar surface area (TPSA) is 40.5 Å². The second-order valence-electron chi connectivity index (χ2n) is 4.40. The van der Waals surface area contributed by atoms with Gasteiger partial charge in [-0.15, -0.1) is 0 Å². The van der Waals surface area contributed by atoms with E-state index < -0.39 is 0 Å². The molecule has 2 saturated carbocycles. The van der Waals surface area contributed by atoms with Crippen LogP contribution in [0.15, 0.2) is 0 Å². The van der Waals surface area contributed by atoms with Crippen molar-refractivity contribution in [2.75, 3.05) is 0 Å². The Morgan fingerprint density at radius 1 is 0.833 bits per heavy atom. The lowest BCUT2D eigenvalue weighted by atomic mass is 9.69. The van der Waals surface area contributed by atoms with Crippen LogP contribution in [-0.4, -0.2) is 22.4 Å². The Kier molecular flexibility index (Phi) is 2.13. The molecule has 0 heterocycles. The third-order valence-electron chi connectivity index (χ3n) is 3.82. The van der Waals surface area contributed by atoms with Crippen molar-refractivity contribution < 1.29 is 10.2 Å². The van der Waals surface area contributed by atoms with Gasteiger partial charge in [0.1, 0.15) is 0 Å². The summed E-state index contributed by atoms with van der Waals surface area (Å²) >= 11 is 0. The van der Waals surface area contributed by atoms with Crippen LogP contribution in [0.5, 0.6) is 0 Å². The van der Waals surface area contributed by atoms with E-state index in [1.165, 1.54) is 6.42 Å². The van der Waals surface area contributed by atoms with E-state index in [2.05, 4.69) is 0 Å². The van der Waals surface area contributed by atoms with Crippen LogP contribution in [0, 0.1) is 5.41 Å². The first-order chi connectivity index (χ1) is 5.76. The first-order valence-corrected chi connectivity index (χ1v) is 5.12. The third kappa shape index (κ3) is 1.09. The predicted molar refractivity (Wildman–Crippen MR) is 46.8 cm³/mol. The molecule has 0 aliphatic heterocycles. The third-order valence-corrected chi connectivity index (χ3v) is 3.82. The van der Waals surface area contributed by atoms with Crippen molar-refractivity contribution in [2.24, 2.45) is 5.41 Å². The van der Waals surface area contributed by atoms with Gasteiger partial charge in [0.05, 0.1) is 12.2 Å². The van der Waals surface area contributed by atoms with Gasteiger partial charge in [-0.3, -0.25) is 0 Å². The molecule has 2 N–H and O–H groups in total. The van der Waals surface area contributed by atoms with E-state index in [-0.39, 0.29) is 17.6 Å². The molecule has 2 fully saturated rings. The molecule has 0 bridgehead atoms. The lowest BCUT2D eigenvalue weighted by Gasteiger charge is -2.40. The first kappa shape index (κ1) is 8.52. The minimum atomic E-state index is -0.233. The fourth-order valence-corrected chi connectivity index (χ4v) is 3.00. The largest absolute Gasteiger partial charge is 0.392 e. The highest BCUT2D eigenvalue weighted by molar-refractivity contribution is 4.98. The van der Waals surface area contributed by atoms with E-state index in [1.807, 2.05) is 0 Å². The highest BCUT2D eigenvalue weighted by Gasteiger charge is 2.48. The molecule has 2 heteroatoms. The van der Waals surface area contributed by atoms with Crippen molar-refractivity contribution in [3.63, 3.8) is 0 Å². The van der Waals surface area contributed by atoms with Gasteiger partial charge in [-0.25, -0.2) is 0 Å². The Balaban J connectivity index is 2.15. The van der Waals surface area contributed by atoms with Crippen LogP contribution in [0.1, 0.15) is 44.9 Å². The van der Waals surface area contributed by atoms with Crippen molar-refractivity contribution in [3.8, 4) is 0 Å². The molecule has 2 rings (SSSR count). The molecule has 0 radical (unpaired) electrons. The predicted octanol–water partition coefficient (Wildman–Crippen LogP) is 1.45. The van der Waals surface area contributed by atoms with E-state index in [0.717, 1.165) is 38.5 Å². The minimum absolute atomic E-state index is 0.0990. The summed E-state index contributed by atoms with van der Waals surface area (Å²) in [5.74, 6) is 0. The van der Waals surface area contributed by atoms with Crippen LogP contribution in [0.4, 0.5) is 0 Å². The maximum absolute atomic E-state index is 9.87. The molecule has 3 atom stereocenters. The summed E-state index contributed by atoms with van der Waals surface area (Å²) in [6.45, 7) is 0. The summed E-state index contributed by atoms with van der Waals surface area (Å²) in [5.41, 5.74) is -0.0990. The van der Waals surface area contributed by atoms with Crippen molar-refractivity contribution in [1.82, 2.24) is 0 Å². The van der Waals surface area contributed by atoms with Crippen molar-refractivity contribution >= 4 is 0 Å². The molecule has 2 aliphatic carbocycles. The minimum Gasteiger partial charge on any atom is -0.392 e. The Hall–Kier alpha value is -0.0800. The number of rotatable bonds is 0. The van der Waals surface area contributed by atoms with Gasteiger partial charge in [-0.05, 0) is 25.7 Å². The van der Waals surface area contributed by atoms with E-state index in [1.54, 1.807) is 0 Å². The Bertz CT molecular complexity index is 169. The highest BCUT2D eigenvalue weighted by Crippen LogP contribution is 2.49. The van der Waals surface area contributed by atoms with Gasteiger partial charge in [0, 0.05) is 5.41 Å². The molecule has 70 valence electrons. The number of aliphatic hydroxyl groups is 2. The lowest BCUT2D eigenvalue weighted by Crippen LogP contribution is -2.43. The number of hydrogen-bond acceptors (Lipinski definition) is 2. The summed E-state index contributed by atoms with van der Waals surface area (Å²) in [7, 11) is 0. The second kappa shape index (κ2) is 3.00. The summed E-state index contributed by atoms with van der Waals surface area (Å²) in [6.07, 6.45) is 6.83. The molecular weight excluding hydrogens is 152 g/mol. The smallest absolute Gasteiger partial charge is 0.0621 e. The quantitative estimate of drug-likeness (QED) is 0.577. The second-order valence-corrected chi connectivity index (χ2v) is 4.40. The SMILES string of the molecule is OC1CCCC[C@]12CCC[C@@H]2O. The molecule has 12 heavy (non-hydrogen) atoms.